The first-order chi connectivity index (χ1) is 21.1. The van der Waals surface area contributed by atoms with E-state index in [4.69, 9.17) is 4.74 Å². The van der Waals surface area contributed by atoms with Gasteiger partial charge >= 0.3 is 0 Å². The Kier molecular flexibility index (Phi) is 8.75. The van der Waals surface area contributed by atoms with Crippen LogP contribution in [0.2, 0.25) is 0 Å². The maximum absolute atomic E-state index is 14.2. The van der Waals surface area contributed by atoms with Gasteiger partial charge in [-0.2, -0.15) is 0 Å². The fourth-order valence-electron chi connectivity index (χ4n) is 6.11. The summed E-state index contributed by atoms with van der Waals surface area (Å²) >= 11 is 0. The third-order valence-electron chi connectivity index (χ3n) is 8.14. The van der Waals surface area contributed by atoms with Gasteiger partial charge in [-0.15, -0.1) is 0 Å². The van der Waals surface area contributed by atoms with E-state index in [1.807, 2.05) is 0 Å². The highest BCUT2D eigenvalue weighted by Gasteiger charge is 2.48. The van der Waals surface area contributed by atoms with Gasteiger partial charge in [-0.25, -0.2) is 10.4 Å². The Bertz CT molecular complexity index is 1710. The molecule has 13 nitrogen and oxygen atoms in total. The molecular weight excluding hydrogens is 572 g/mol. The number of carbonyl (C=O) groups excluding carboxylic acids is 2. The van der Waals surface area contributed by atoms with E-state index in [0.717, 1.165) is 5.01 Å². The molecule has 0 bridgehead atoms. The lowest BCUT2D eigenvalue weighted by Gasteiger charge is -2.41. The number of hydrogen-bond donors (Lipinski definition) is 8. The summed E-state index contributed by atoms with van der Waals surface area (Å²) in [6, 6.07) is -1.01. The van der Waals surface area contributed by atoms with E-state index in [1.165, 1.54) is 10.6 Å². The summed E-state index contributed by atoms with van der Waals surface area (Å²) in [6.45, 7) is 9.47. The quantitative estimate of drug-likeness (QED) is 0.120. The third kappa shape index (κ3) is 4.57. The SMILES string of the molecule is C=C/C=C\c1c(C)[nH]c2c1c1c(c3c(/C=C\C)c(C=C)n(C4OC(CO)C(O)C(O)C4O)c32)C(=O)N(NC(CO)CO)C1=O. The molecule has 234 valence electrons. The van der Waals surface area contributed by atoms with Gasteiger partial charge in [0.2, 0.25) is 0 Å². The van der Waals surface area contributed by atoms with Crippen molar-refractivity contribution in [2.45, 2.75) is 50.5 Å². The first kappa shape index (κ1) is 31.5. The molecule has 1 saturated heterocycles. The lowest BCUT2D eigenvalue weighted by Crippen LogP contribution is -2.56. The van der Waals surface area contributed by atoms with Crippen LogP contribution in [0.15, 0.2) is 31.4 Å². The van der Waals surface area contributed by atoms with Crippen molar-refractivity contribution in [1.29, 1.82) is 0 Å². The summed E-state index contributed by atoms with van der Waals surface area (Å²) in [6.07, 6.45) is 2.31. The topological polar surface area (TPSA) is 201 Å². The number of fused-ring (bicyclic) bond motifs is 6. The monoisotopic (exact) mass is 608 g/mol. The van der Waals surface area contributed by atoms with Crippen molar-refractivity contribution >= 4 is 51.8 Å². The average Bonchev–Trinajstić information content (AvgIpc) is 3.60. The first-order valence-electron chi connectivity index (χ1n) is 14.1. The van der Waals surface area contributed by atoms with Crippen LogP contribution < -0.4 is 5.43 Å². The number of rotatable bonds is 10. The van der Waals surface area contributed by atoms with Crippen molar-refractivity contribution < 1.29 is 45.0 Å². The molecule has 4 heterocycles. The van der Waals surface area contributed by atoms with E-state index in [1.54, 1.807) is 44.2 Å². The van der Waals surface area contributed by atoms with Gasteiger partial charge in [-0.05, 0) is 19.9 Å². The minimum absolute atomic E-state index is 0.0198. The molecule has 44 heavy (non-hydrogen) atoms. The standard InChI is InChI=1S/C31H36N4O9/c1-5-8-10-16-14(4)32-24-20(16)22-23(30(43)35(29(22)42)33-15(11-36)12-37)21-17(9-6-2)18(7-3)34(25(21)24)31-28(41)27(40)26(39)19(13-38)44-31/h5-10,15,19,26-28,31-33,36-41H,1,3,11-13H2,2,4H3/b9-6-,10-8-. The number of hydrogen-bond acceptors (Lipinski definition) is 10. The van der Waals surface area contributed by atoms with Crippen LogP contribution in [-0.2, 0) is 4.74 Å². The van der Waals surface area contributed by atoms with E-state index in [9.17, 15) is 40.2 Å². The summed E-state index contributed by atoms with van der Waals surface area (Å²) in [5.41, 5.74) is 5.49. The highest BCUT2D eigenvalue weighted by molar-refractivity contribution is 6.35. The van der Waals surface area contributed by atoms with Gasteiger partial charge in [0, 0.05) is 27.6 Å². The van der Waals surface area contributed by atoms with Gasteiger partial charge in [0.05, 0.1) is 53.7 Å². The van der Waals surface area contributed by atoms with Crippen LogP contribution in [0.5, 0.6) is 0 Å². The Morgan fingerprint density at radius 2 is 1.64 bits per heavy atom. The van der Waals surface area contributed by atoms with Gasteiger partial charge in [0.15, 0.2) is 6.23 Å². The maximum atomic E-state index is 14.2. The number of aliphatic hydroxyl groups is 6. The molecule has 0 spiro atoms. The number of benzene rings is 1. The molecule has 2 aliphatic rings. The minimum atomic E-state index is -1.69. The van der Waals surface area contributed by atoms with Crippen molar-refractivity contribution in [3.63, 3.8) is 0 Å². The molecule has 3 aromatic rings. The van der Waals surface area contributed by atoms with Crippen LogP contribution in [0, 0.1) is 6.92 Å². The fourth-order valence-corrected chi connectivity index (χ4v) is 6.11. The van der Waals surface area contributed by atoms with Crippen molar-refractivity contribution in [2.75, 3.05) is 19.8 Å². The third-order valence-corrected chi connectivity index (χ3v) is 8.14. The highest BCUT2D eigenvalue weighted by Crippen LogP contribution is 2.46. The molecule has 0 radical (unpaired) electrons. The number of nitrogens with zero attached hydrogens (tertiary/aromatic N) is 2. The van der Waals surface area contributed by atoms with Crippen LogP contribution in [-0.4, -0.2) is 107 Å². The van der Waals surface area contributed by atoms with E-state index < -0.39 is 68.3 Å². The lowest BCUT2D eigenvalue weighted by molar-refractivity contribution is -0.250. The van der Waals surface area contributed by atoms with Gasteiger partial charge in [0.25, 0.3) is 11.8 Å². The second-order valence-corrected chi connectivity index (χ2v) is 10.7. The van der Waals surface area contributed by atoms with Gasteiger partial charge in [-0.1, -0.05) is 43.5 Å². The number of H-pyrrole nitrogens is 1. The molecule has 0 saturated carbocycles. The molecule has 5 rings (SSSR count). The largest absolute Gasteiger partial charge is 0.395 e. The zero-order chi connectivity index (χ0) is 32.0. The molecule has 2 amide bonds. The number of allylic oxidation sites excluding steroid dienone is 3. The molecule has 2 aromatic heterocycles. The zero-order valence-corrected chi connectivity index (χ0v) is 24.3. The Balaban J connectivity index is 1.97. The Labute approximate surface area is 252 Å². The van der Waals surface area contributed by atoms with Gasteiger partial charge < -0.3 is 44.9 Å². The highest BCUT2D eigenvalue weighted by atomic mass is 16.6. The van der Waals surface area contributed by atoms with Crippen molar-refractivity contribution in [3.05, 3.63) is 65.0 Å². The second kappa shape index (κ2) is 12.2. The normalized spacial score (nSPS) is 24.2. The Hall–Kier alpha value is -3.92. The smallest absolute Gasteiger partial charge is 0.276 e. The predicted molar refractivity (Wildman–Crippen MR) is 163 cm³/mol. The molecule has 8 N–H and O–H groups in total. The zero-order valence-electron chi connectivity index (χ0n) is 24.3. The number of imide groups is 1. The van der Waals surface area contributed by atoms with Crippen LogP contribution in [0.3, 0.4) is 0 Å². The van der Waals surface area contributed by atoms with Crippen LogP contribution in [0.25, 0.3) is 40.0 Å². The molecular formula is C31H36N4O9. The van der Waals surface area contributed by atoms with E-state index in [-0.39, 0.29) is 11.1 Å². The number of carbonyl (C=O) groups is 2. The van der Waals surface area contributed by atoms with Gasteiger partial charge in [-0.3, -0.25) is 9.59 Å². The summed E-state index contributed by atoms with van der Waals surface area (Å²) in [5.74, 6) is -1.45. The molecule has 2 aliphatic heterocycles. The number of nitrogens with one attached hydrogen (secondary N) is 2. The number of amides is 2. The molecule has 1 aromatic carbocycles. The fraction of sp³-hybridized carbons (Fsp3) is 0.355. The molecule has 5 unspecified atom stereocenters. The Morgan fingerprint density at radius 1 is 0.977 bits per heavy atom. The second-order valence-electron chi connectivity index (χ2n) is 10.7. The summed E-state index contributed by atoms with van der Waals surface area (Å²) < 4.78 is 7.53. The molecule has 5 atom stereocenters. The first-order valence-corrected chi connectivity index (χ1v) is 14.1. The summed E-state index contributed by atoms with van der Waals surface area (Å²) in [5, 5.41) is 63.2. The average molecular weight is 609 g/mol. The predicted octanol–water partition coefficient (Wildman–Crippen LogP) is 0.733. The minimum Gasteiger partial charge on any atom is -0.395 e. The molecule has 1 fully saturated rings. The number of hydrazine groups is 1. The van der Waals surface area contributed by atoms with E-state index in [2.05, 4.69) is 23.6 Å². The summed E-state index contributed by atoms with van der Waals surface area (Å²) in [4.78, 5) is 31.5. The number of aliphatic hydroxyl groups excluding tert-OH is 6. The van der Waals surface area contributed by atoms with E-state index in [0.29, 0.717) is 44.3 Å². The van der Waals surface area contributed by atoms with Crippen LogP contribution in [0.4, 0.5) is 0 Å². The van der Waals surface area contributed by atoms with E-state index >= 15 is 0 Å². The van der Waals surface area contributed by atoms with Gasteiger partial charge in [0.1, 0.15) is 24.4 Å². The Morgan fingerprint density at radius 3 is 2.20 bits per heavy atom. The maximum Gasteiger partial charge on any atom is 0.276 e. The number of ether oxygens (including phenoxy) is 1. The van der Waals surface area contributed by atoms with Crippen LogP contribution >= 0.6 is 0 Å². The van der Waals surface area contributed by atoms with Crippen molar-refractivity contribution in [1.82, 2.24) is 20.0 Å². The molecule has 0 aliphatic carbocycles. The lowest BCUT2D eigenvalue weighted by atomic mass is 9.94. The number of aromatic amines is 1. The van der Waals surface area contributed by atoms with Crippen LogP contribution in [0.1, 0.15) is 56.4 Å². The number of aryl methyl sites for hydroxylation is 1. The summed E-state index contributed by atoms with van der Waals surface area (Å²) in [7, 11) is 0. The van der Waals surface area contributed by atoms with Crippen molar-refractivity contribution in [2.24, 2.45) is 0 Å². The molecule has 13 heteroatoms. The number of aromatic nitrogens is 2. The van der Waals surface area contributed by atoms with Crippen molar-refractivity contribution in [3.8, 4) is 0 Å².